The van der Waals surface area contributed by atoms with E-state index in [0.717, 1.165) is 22.3 Å². The number of aromatic nitrogens is 1. The molecule has 1 aliphatic rings. The van der Waals surface area contributed by atoms with Gasteiger partial charge in [0.2, 0.25) is 0 Å². The molecule has 7 heteroatoms. The number of nitrogens with zero attached hydrogens (tertiary/aromatic N) is 2. The zero-order chi connectivity index (χ0) is 24.0. The van der Waals surface area contributed by atoms with E-state index in [9.17, 15) is 14.3 Å². The summed E-state index contributed by atoms with van der Waals surface area (Å²) in [4.78, 5) is 18.4. The molecule has 2 heterocycles. The fourth-order valence-electron chi connectivity index (χ4n) is 4.58. The maximum absolute atomic E-state index is 15.3. The quantitative estimate of drug-likeness (QED) is 0.371. The molecule has 3 aromatic carbocycles. The molecule has 1 aliphatic heterocycles. The first kappa shape index (κ1) is 21.8. The van der Waals surface area contributed by atoms with Crippen LogP contribution in [0.25, 0.3) is 10.9 Å². The fraction of sp³-hybridized carbons (Fsp3) is 0.185. The highest BCUT2D eigenvalue weighted by Crippen LogP contribution is 2.34. The third-order valence-corrected chi connectivity index (χ3v) is 6.23. The van der Waals surface area contributed by atoms with Gasteiger partial charge in [-0.05, 0) is 60.9 Å². The second-order valence-corrected chi connectivity index (χ2v) is 8.70. The van der Waals surface area contributed by atoms with E-state index >= 15 is 4.39 Å². The lowest BCUT2D eigenvalue weighted by molar-refractivity contribution is 0.0698. The van der Waals surface area contributed by atoms with Gasteiger partial charge in [0.15, 0.2) is 0 Å². The zero-order valence-electron chi connectivity index (χ0n) is 18.8. The van der Waals surface area contributed by atoms with Crippen molar-refractivity contribution in [2.24, 2.45) is 0 Å². The van der Waals surface area contributed by atoms with Crippen LogP contribution in [0.4, 0.5) is 20.3 Å². The zero-order valence-corrected chi connectivity index (χ0v) is 18.8. The minimum atomic E-state index is -1.03. The Morgan fingerprint density at radius 1 is 1.06 bits per heavy atom. The third kappa shape index (κ3) is 3.94. The molecule has 0 amide bonds. The van der Waals surface area contributed by atoms with Gasteiger partial charge >= 0.3 is 5.97 Å². The highest BCUT2D eigenvalue weighted by Gasteiger charge is 2.23. The summed E-state index contributed by atoms with van der Waals surface area (Å²) in [6, 6.07) is 16.2. The van der Waals surface area contributed by atoms with Crippen LogP contribution < -0.4 is 10.2 Å². The van der Waals surface area contributed by atoms with E-state index in [-0.39, 0.29) is 23.2 Å². The highest BCUT2D eigenvalue weighted by atomic mass is 19.1. The lowest BCUT2D eigenvalue weighted by Crippen LogP contribution is -2.17. The van der Waals surface area contributed by atoms with E-state index in [0.29, 0.717) is 35.5 Å². The molecule has 0 fully saturated rings. The largest absolute Gasteiger partial charge is 0.478 e. The maximum atomic E-state index is 15.3. The van der Waals surface area contributed by atoms with E-state index < -0.39 is 5.97 Å². The summed E-state index contributed by atoms with van der Waals surface area (Å²) in [6.45, 7) is 4.76. The van der Waals surface area contributed by atoms with Crippen LogP contribution in [-0.2, 0) is 13.1 Å². The molecular weight excluding hydrogens is 436 g/mol. The molecule has 2 N–H and O–H groups in total. The molecule has 0 unspecified atom stereocenters. The number of rotatable bonds is 5. The number of aromatic carboxylic acids is 1. The van der Waals surface area contributed by atoms with Gasteiger partial charge in [0.25, 0.3) is 0 Å². The predicted octanol–water partition coefficient (Wildman–Crippen LogP) is 6.21. The van der Waals surface area contributed by atoms with Crippen LogP contribution in [0.3, 0.4) is 0 Å². The lowest BCUT2D eigenvalue weighted by Gasteiger charge is -2.22. The molecule has 34 heavy (non-hydrogen) atoms. The summed E-state index contributed by atoms with van der Waals surface area (Å²) >= 11 is 0. The van der Waals surface area contributed by atoms with Gasteiger partial charge in [-0.25, -0.2) is 18.6 Å². The van der Waals surface area contributed by atoms with Crippen LogP contribution in [0.15, 0.2) is 60.7 Å². The van der Waals surface area contributed by atoms with E-state index in [1.165, 1.54) is 24.3 Å². The number of pyridine rings is 1. The maximum Gasteiger partial charge on any atom is 0.337 e. The van der Waals surface area contributed by atoms with Gasteiger partial charge in [0, 0.05) is 35.8 Å². The van der Waals surface area contributed by atoms with Crippen molar-refractivity contribution < 1.29 is 18.7 Å². The number of halogens is 2. The van der Waals surface area contributed by atoms with Crippen molar-refractivity contribution in [3.63, 3.8) is 0 Å². The Morgan fingerprint density at radius 2 is 1.82 bits per heavy atom. The second-order valence-electron chi connectivity index (χ2n) is 8.70. The molecule has 0 spiro atoms. The van der Waals surface area contributed by atoms with E-state index in [4.69, 9.17) is 4.98 Å². The van der Waals surface area contributed by atoms with E-state index in [1.807, 2.05) is 24.8 Å². The van der Waals surface area contributed by atoms with Crippen molar-refractivity contribution in [2.75, 3.05) is 10.2 Å². The first-order valence-electron chi connectivity index (χ1n) is 11.0. The normalized spacial score (nSPS) is 13.7. The van der Waals surface area contributed by atoms with E-state index in [2.05, 4.69) is 5.32 Å². The topological polar surface area (TPSA) is 65.5 Å². The Bertz CT molecular complexity index is 1440. The molecule has 5 rings (SSSR count). The number of carboxylic acids is 1. The van der Waals surface area contributed by atoms with Gasteiger partial charge in [-0.3, -0.25) is 0 Å². The summed E-state index contributed by atoms with van der Waals surface area (Å²) in [5.41, 5.74) is 4.65. The Labute approximate surface area is 195 Å². The first-order chi connectivity index (χ1) is 16.3. The molecule has 1 aromatic heterocycles. The van der Waals surface area contributed by atoms with Crippen LogP contribution in [0, 0.1) is 18.6 Å². The predicted molar refractivity (Wildman–Crippen MR) is 128 cm³/mol. The van der Waals surface area contributed by atoms with Crippen LogP contribution in [0.5, 0.6) is 0 Å². The minimum Gasteiger partial charge on any atom is -0.478 e. The molecule has 0 saturated carbocycles. The SMILES string of the molecule is Cc1cc([C@H](C)Nc2ccccc2C(=O)O)c2nc(N3Cc4ccc(F)cc4C3)cc(F)c2c1. The molecule has 172 valence electrons. The number of hydrogen-bond donors (Lipinski definition) is 2. The van der Waals surface area contributed by atoms with Crippen molar-refractivity contribution in [1.29, 1.82) is 0 Å². The van der Waals surface area contributed by atoms with Crippen LogP contribution in [0.1, 0.15) is 45.6 Å². The van der Waals surface area contributed by atoms with Crippen LogP contribution in [0.2, 0.25) is 0 Å². The summed E-state index contributed by atoms with van der Waals surface area (Å²) in [7, 11) is 0. The number of carboxylic acid groups (broad SMARTS) is 1. The Morgan fingerprint density at radius 3 is 2.62 bits per heavy atom. The van der Waals surface area contributed by atoms with Crippen LogP contribution in [-0.4, -0.2) is 16.1 Å². The van der Waals surface area contributed by atoms with E-state index in [1.54, 1.807) is 30.3 Å². The van der Waals surface area contributed by atoms with Gasteiger partial charge in [0.1, 0.15) is 17.5 Å². The molecule has 0 aliphatic carbocycles. The molecule has 0 saturated heterocycles. The summed E-state index contributed by atoms with van der Waals surface area (Å²) < 4.78 is 29.0. The van der Waals surface area contributed by atoms with Crippen molar-refractivity contribution in [1.82, 2.24) is 4.98 Å². The minimum absolute atomic E-state index is 0.160. The molecule has 1 atom stereocenters. The molecule has 4 aromatic rings. The molecule has 0 radical (unpaired) electrons. The molecule has 5 nitrogen and oxygen atoms in total. The molecular formula is C27H23F2N3O2. The number of aryl methyl sites for hydroxylation is 1. The number of para-hydroxylation sites is 1. The van der Waals surface area contributed by atoms with Gasteiger partial charge in [-0.2, -0.15) is 0 Å². The average Bonchev–Trinajstić information content (AvgIpc) is 3.22. The van der Waals surface area contributed by atoms with Gasteiger partial charge in [-0.15, -0.1) is 0 Å². The number of fused-ring (bicyclic) bond motifs is 2. The number of anilines is 2. The van der Waals surface area contributed by atoms with Crippen molar-refractivity contribution in [3.05, 3.63) is 100 Å². The summed E-state index contributed by atoms with van der Waals surface area (Å²) in [6.07, 6.45) is 0. The summed E-state index contributed by atoms with van der Waals surface area (Å²) in [5, 5.41) is 13.2. The van der Waals surface area contributed by atoms with Gasteiger partial charge in [-0.1, -0.05) is 24.3 Å². The van der Waals surface area contributed by atoms with Gasteiger partial charge < -0.3 is 15.3 Å². The number of benzene rings is 3. The van der Waals surface area contributed by atoms with Crippen molar-refractivity contribution >= 4 is 28.4 Å². The lowest BCUT2D eigenvalue weighted by atomic mass is 9.99. The number of carbonyl (C=O) groups is 1. The smallest absolute Gasteiger partial charge is 0.337 e. The highest BCUT2D eigenvalue weighted by molar-refractivity contribution is 5.94. The average molecular weight is 459 g/mol. The fourth-order valence-corrected chi connectivity index (χ4v) is 4.58. The number of nitrogens with one attached hydrogen (secondary N) is 1. The summed E-state index contributed by atoms with van der Waals surface area (Å²) in [5.74, 6) is -1.23. The third-order valence-electron chi connectivity index (χ3n) is 6.23. The Balaban J connectivity index is 1.55. The second kappa shape index (κ2) is 8.41. The van der Waals surface area contributed by atoms with Crippen molar-refractivity contribution in [3.8, 4) is 0 Å². The van der Waals surface area contributed by atoms with Crippen LogP contribution >= 0.6 is 0 Å². The Kier molecular flexibility index (Phi) is 5.40. The van der Waals surface area contributed by atoms with Gasteiger partial charge in [0.05, 0.1) is 17.1 Å². The molecule has 0 bridgehead atoms. The Hall–Kier alpha value is -4.00. The standard InChI is InChI=1S/C27H23F2N3O2/c1-15-9-21(16(2)30-24-6-4-3-5-20(24)27(33)34)26-22(10-15)23(29)12-25(31-26)32-13-17-7-8-19(28)11-18(17)14-32/h3-12,16,30H,13-14H2,1-2H3,(H,33,34)/t16-/m0/s1. The number of hydrogen-bond acceptors (Lipinski definition) is 4. The first-order valence-corrected chi connectivity index (χ1v) is 11.0. The van der Waals surface area contributed by atoms with Crippen molar-refractivity contribution in [2.45, 2.75) is 33.0 Å². The monoisotopic (exact) mass is 459 g/mol.